The molecule has 166 valence electrons. The van der Waals surface area contributed by atoms with E-state index in [9.17, 15) is 13.2 Å². The molecule has 6 heteroatoms. The highest BCUT2D eigenvalue weighted by molar-refractivity contribution is 5.84. The molecule has 4 rings (SSSR count). The summed E-state index contributed by atoms with van der Waals surface area (Å²) in [5.41, 5.74) is 2.69. The summed E-state index contributed by atoms with van der Waals surface area (Å²) in [6.45, 7) is 0.622. The summed E-state index contributed by atoms with van der Waals surface area (Å²) < 4.78 is 46.4. The number of benzene rings is 3. The summed E-state index contributed by atoms with van der Waals surface area (Å²) in [4.78, 5) is 8.71. The fraction of sp³-hybridized carbons (Fsp3) is 0.185. The van der Waals surface area contributed by atoms with E-state index in [0.717, 1.165) is 29.7 Å². The molecular weight excluding hydrogens is 425 g/mol. The third kappa shape index (κ3) is 5.76. The lowest BCUT2D eigenvalue weighted by Crippen LogP contribution is -2.01. The molecule has 3 aromatic carbocycles. The molecule has 33 heavy (non-hydrogen) atoms. The van der Waals surface area contributed by atoms with E-state index < -0.39 is 17.5 Å². The first-order valence-corrected chi connectivity index (χ1v) is 10.5. The Bertz CT molecular complexity index is 1340. The van der Waals surface area contributed by atoms with Crippen LogP contribution in [0.5, 0.6) is 0 Å². The smallest absolute Gasteiger partial charge is 0.159 e. The first kappa shape index (κ1) is 22.5. The molecule has 0 atom stereocenters. The molecule has 0 radical (unpaired) electrons. The van der Waals surface area contributed by atoms with Crippen LogP contribution in [0.2, 0.25) is 0 Å². The standard InChI is InChI=1S/C27H21F3N2O/c1-33-11-10-20-16-31-27(32-17-20)9-5-19-3-7-21(24(28)13-19)6-2-18-4-8-22-14-25(29)26(30)15-23(22)12-18/h3-4,7-8,12-17H,5,9-11H2,1H3. The zero-order valence-corrected chi connectivity index (χ0v) is 18.0. The Morgan fingerprint density at radius 1 is 0.727 bits per heavy atom. The fourth-order valence-corrected chi connectivity index (χ4v) is 3.39. The van der Waals surface area contributed by atoms with Gasteiger partial charge in [-0.2, -0.15) is 0 Å². The number of aryl methyl sites for hydroxylation is 2. The molecule has 3 nitrogen and oxygen atoms in total. The van der Waals surface area contributed by atoms with Gasteiger partial charge in [0.25, 0.3) is 0 Å². The Kier molecular flexibility index (Phi) is 7.01. The van der Waals surface area contributed by atoms with Crippen molar-refractivity contribution in [3.05, 3.63) is 106 Å². The highest BCUT2D eigenvalue weighted by Gasteiger charge is 2.06. The molecule has 0 aliphatic carbocycles. The Labute approximate surface area is 190 Å². The van der Waals surface area contributed by atoms with Crippen molar-refractivity contribution in [2.75, 3.05) is 13.7 Å². The minimum atomic E-state index is -0.915. The van der Waals surface area contributed by atoms with Crippen LogP contribution in [0.4, 0.5) is 13.2 Å². The predicted octanol–water partition coefficient (Wildman–Crippen LogP) is 5.42. The topological polar surface area (TPSA) is 35.0 Å². The number of hydrogen-bond donors (Lipinski definition) is 0. The molecule has 0 bridgehead atoms. The lowest BCUT2D eigenvalue weighted by Gasteiger charge is -2.04. The van der Waals surface area contributed by atoms with Crippen molar-refractivity contribution in [2.24, 2.45) is 0 Å². The quantitative estimate of drug-likeness (QED) is 0.371. The number of fused-ring (bicyclic) bond motifs is 1. The fourth-order valence-electron chi connectivity index (χ4n) is 3.39. The van der Waals surface area contributed by atoms with E-state index in [-0.39, 0.29) is 5.56 Å². The van der Waals surface area contributed by atoms with Crippen molar-refractivity contribution < 1.29 is 17.9 Å². The maximum absolute atomic E-state index is 14.6. The molecule has 0 spiro atoms. The summed E-state index contributed by atoms with van der Waals surface area (Å²) in [7, 11) is 1.65. The number of rotatable bonds is 6. The van der Waals surface area contributed by atoms with Crippen LogP contribution in [0.15, 0.2) is 60.9 Å². The number of ether oxygens (including phenoxy) is 1. The third-order valence-corrected chi connectivity index (χ3v) is 5.25. The van der Waals surface area contributed by atoms with Gasteiger partial charge in [0.05, 0.1) is 12.2 Å². The highest BCUT2D eigenvalue weighted by Crippen LogP contribution is 2.20. The molecule has 0 amide bonds. The van der Waals surface area contributed by atoms with E-state index >= 15 is 0 Å². The van der Waals surface area contributed by atoms with Crippen LogP contribution in [0.3, 0.4) is 0 Å². The van der Waals surface area contributed by atoms with Gasteiger partial charge in [0.15, 0.2) is 11.6 Å². The summed E-state index contributed by atoms with van der Waals surface area (Å²) >= 11 is 0. The van der Waals surface area contributed by atoms with E-state index in [0.29, 0.717) is 41.6 Å². The van der Waals surface area contributed by atoms with Crippen molar-refractivity contribution in [3.8, 4) is 11.8 Å². The molecule has 1 aromatic heterocycles. The molecule has 0 aliphatic rings. The van der Waals surface area contributed by atoms with Gasteiger partial charge < -0.3 is 4.74 Å². The number of halogens is 3. The van der Waals surface area contributed by atoms with E-state index in [4.69, 9.17) is 4.74 Å². The maximum Gasteiger partial charge on any atom is 0.159 e. The van der Waals surface area contributed by atoms with E-state index in [1.165, 1.54) is 6.07 Å². The molecular formula is C27H21F3N2O. The maximum atomic E-state index is 14.6. The largest absolute Gasteiger partial charge is 0.384 e. The van der Waals surface area contributed by atoms with Gasteiger partial charge in [-0.25, -0.2) is 23.1 Å². The number of aromatic nitrogens is 2. The van der Waals surface area contributed by atoms with Crippen LogP contribution in [0.1, 0.15) is 28.1 Å². The second-order valence-corrected chi connectivity index (χ2v) is 7.64. The van der Waals surface area contributed by atoms with Gasteiger partial charge in [-0.15, -0.1) is 0 Å². The number of hydrogen-bond acceptors (Lipinski definition) is 3. The zero-order chi connectivity index (χ0) is 23.2. The summed E-state index contributed by atoms with van der Waals surface area (Å²) in [5.74, 6) is 4.19. The molecule has 4 aromatic rings. The average molecular weight is 446 g/mol. The molecule has 0 aliphatic heterocycles. The van der Waals surface area contributed by atoms with Gasteiger partial charge in [-0.05, 0) is 71.1 Å². The Morgan fingerprint density at radius 3 is 2.21 bits per heavy atom. The lowest BCUT2D eigenvalue weighted by atomic mass is 10.0. The Morgan fingerprint density at radius 2 is 1.48 bits per heavy atom. The van der Waals surface area contributed by atoms with Crippen molar-refractivity contribution in [1.29, 1.82) is 0 Å². The molecule has 1 heterocycles. The SMILES string of the molecule is COCCc1cnc(CCc2ccc(C#Cc3ccc4cc(F)c(F)cc4c3)c(F)c2)nc1. The minimum Gasteiger partial charge on any atom is -0.384 e. The average Bonchev–Trinajstić information content (AvgIpc) is 2.82. The van der Waals surface area contributed by atoms with Crippen molar-refractivity contribution in [1.82, 2.24) is 9.97 Å². The first-order valence-electron chi connectivity index (χ1n) is 10.5. The highest BCUT2D eigenvalue weighted by atomic mass is 19.2. The molecule has 0 fully saturated rings. The van der Waals surface area contributed by atoms with E-state index in [1.807, 2.05) is 6.07 Å². The second-order valence-electron chi connectivity index (χ2n) is 7.64. The van der Waals surface area contributed by atoms with Crippen LogP contribution in [-0.2, 0) is 24.0 Å². The van der Waals surface area contributed by atoms with Crippen LogP contribution in [-0.4, -0.2) is 23.7 Å². The summed E-state index contributed by atoms with van der Waals surface area (Å²) in [6.07, 6.45) is 5.55. The third-order valence-electron chi connectivity index (χ3n) is 5.25. The monoisotopic (exact) mass is 446 g/mol. The van der Waals surface area contributed by atoms with Gasteiger partial charge in [-0.3, -0.25) is 0 Å². The summed E-state index contributed by atoms with van der Waals surface area (Å²) in [6, 6.07) is 12.2. The van der Waals surface area contributed by atoms with E-state index in [1.54, 1.807) is 43.8 Å². The second kappa shape index (κ2) is 10.3. The van der Waals surface area contributed by atoms with Gasteiger partial charge in [0, 0.05) is 31.5 Å². The lowest BCUT2D eigenvalue weighted by molar-refractivity contribution is 0.202. The van der Waals surface area contributed by atoms with Crippen LogP contribution in [0, 0.1) is 29.3 Å². The van der Waals surface area contributed by atoms with Crippen molar-refractivity contribution in [3.63, 3.8) is 0 Å². The zero-order valence-electron chi connectivity index (χ0n) is 18.0. The predicted molar refractivity (Wildman–Crippen MR) is 121 cm³/mol. The van der Waals surface area contributed by atoms with Crippen LogP contribution < -0.4 is 0 Å². The van der Waals surface area contributed by atoms with Gasteiger partial charge >= 0.3 is 0 Å². The van der Waals surface area contributed by atoms with Gasteiger partial charge in [0.2, 0.25) is 0 Å². The van der Waals surface area contributed by atoms with Gasteiger partial charge in [-0.1, -0.05) is 24.0 Å². The number of methoxy groups -OCH3 is 1. The Hall–Kier alpha value is -3.69. The molecule has 0 N–H and O–H groups in total. The van der Waals surface area contributed by atoms with E-state index in [2.05, 4.69) is 21.8 Å². The number of nitrogens with zero attached hydrogens (tertiary/aromatic N) is 2. The summed E-state index contributed by atoms with van der Waals surface area (Å²) in [5, 5.41) is 1.11. The molecule has 0 unspecified atom stereocenters. The Balaban J connectivity index is 1.42. The normalized spacial score (nSPS) is 10.8. The molecule has 0 saturated heterocycles. The van der Waals surface area contributed by atoms with Crippen molar-refractivity contribution >= 4 is 10.8 Å². The first-order chi connectivity index (χ1) is 16.0. The van der Waals surface area contributed by atoms with Crippen LogP contribution in [0.25, 0.3) is 10.8 Å². The van der Waals surface area contributed by atoms with Crippen LogP contribution >= 0.6 is 0 Å². The van der Waals surface area contributed by atoms with Crippen molar-refractivity contribution in [2.45, 2.75) is 19.3 Å². The molecule has 0 saturated carbocycles. The van der Waals surface area contributed by atoms with Gasteiger partial charge in [0.1, 0.15) is 11.6 Å². The minimum absolute atomic E-state index is 0.267.